The number of alkyl halides is 7. The van der Waals surface area contributed by atoms with E-state index in [1.54, 1.807) is 0 Å². The third kappa shape index (κ3) is 1.63. The van der Waals surface area contributed by atoms with E-state index in [4.69, 9.17) is 116 Å². The summed E-state index contributed by atoms with van der Waals surface area (Å²) in [7, 11) is 0. The van der Waals surface area contributed by atoms with E-state index < -0.39 is 17.9 Å². The summed E-state index contributed by atoms with van der Waals surface area (Å²) in [6.45, 7) is 0. The van der Waals surface area contributed by atoms with Gasteiger partial charge in [-0.1, -0.05) is 104 Å². The molecule has 10 heteroatoms. The van der Waals surface area contributed by atoms with Crippen LogP contribution in [0.1, 0.15) is 0 Å². The second-order valence-corrected chi connectivity index (χ2v) is 9.38. The molecular weight excluding hydrogens is 451 g/mol. The number of fused-ring (bicyclic) bond motifs is 1. The minimum atomic E-state index is -2.00. The van der Waals surface area contributed by atoms with Crippen molar-refractivity contribution in [3.05, 3.63) is 20.7 Å². The third-order valence-corrected chi connectivity index (χ3v) is 8.83. The van der Waals surface area contributed by atoms with E-state index in [0.717, 1.165) is 0 Å². The average molecular weight is 451 g/mol. The summed E-state index contributed by atoms with van der Waals surface area (Å²) in [5, 5.41) is -0.521. The minimum Gasteiger partial charge on any atom is -0.105 e. The topological polar surface area (TPSA) is 0 Å². The molecule has 0 aromatic rings. The molecule has 102 valence electrons. The standard InChI is InChI=1S/C8Cl10/c9-2-1-5(12,8(17,18)7(2,15)16)3(10)4(11)6(1,13)14/t5-/m0/s1. The van der Waals surface area contributed by atoms with Gasteiger partial charge < -0.3 is 0 Å². The van der Waals surface area contributed by atoms with Crippen LogP contribution < -0.4 is 0 Å². The molecule has 0 heterocycles. The van der Waals surface area contributed by atoms with E-state index in [1.807, 2.05) is 0 Å². The van der Waals surface area contributed by atoms with E-state index >= 15 is 0 Å². The minimum absolute atomic E-state index is 0.0355. The zero-order valence-corrected chi connectivity index (χ0v) is 15.3. The van der Waals surface area contributed by atoms with E-state index in [2.05, 4.69) is 0 Å². The number of halogens is 10. The van der Waals surface area contributed by atoms with Crippen molar-refractivity contribution in [1.29, 1.82) is 0 Å². The van der Waals surface area contributed by atoms with Crippen LogP contribution in [0.5, 0.6) is 0 Å². The molecule has 0 aliphatic heterocycles. The number of hydrogen-bond acceptors (Lipinski definition) is 0. The summed E-state index contributed by atoms with van der Waals surface area (Å²) < 4.78 is -5.72. The highest BCUT2D eigenvalue weighted by atomic mass is 35.5. The van der Waals surface area contributed by atoms with Gasteiger partial charge in [-0.25, -0.2) is 0 Å². The number of rotatable bonds is 0. The molecule has 0 aromatic heterocycles. The van der Waals surface area contributed by atoms with E-state index in [-0.39, 0.29) is 20.7 Å². The summed E-state index contributed by atoms with van der Waals surface area (Å²) in [5.41, 5.74) is -0.0355. The average Bonchev–Trinajstić information content (AvgIpc) is 2.43. The van der Waals surface area contributed by atoms with Crippen molar-refractivity contribution in [1.82, 2.24) is 0 Å². The lowest BCUT2D eigenvalue weighted by Crippen LogP contribution is -2.47. The number of allylic oxidation sites excluding steroid dienone is 4. The highest BCUT2D eigenvalue weighted by Gasteiger charge is 2.77. The van der Waals surface area contributed by atoms with Gasteiger partial charge in [0.2, 0.25) is 0 Å². The Balaban J connectivity index is 2.88. The lowest BCUT2D eigenvalue weighted by atomic mass is 10.0. The van der Waals surface area contributed by atoms with Crippen molar-refractivity contribution >= 4 is 116 Å². The predicted octanol–water partition coefficient (Wildman–Crippen LogP) is 6.69. The summed E-state index contributed by atoms with van der Waals surface area (Å²) in [6, 6.07) is 0. The monoisotopic (exact) mass is 446 g/mol. The largest absolute Gasteiger partial charge is 0.188 e. The van der Waals surface area contributed by atoms with Gasteiger partial charge in [-0.3, -0.25) is 0 Å². The molecule has 0 N–H and O–H groups in total. The van der Waals surface area contributed by atoms with Crippen LogP contribution in [-0.4, -0.2) is 17.9 Å². The smallest absolute Gasteiger partial charge is 0.105 e. The normalized spacial score (nSPS) is 36.3. The molecule has 2 aliphatic rings. The Morgan fingerprint density at radius 3 is 1.44 bits per heavy atom. The van der Waals surface area contributed by atoms with Crippen LogP contribution >= 0.6 is 116 Å². The highest BCUT2D eigenvalue weighted by Crippen LogP contribution is 2.75. The lowest BCUT2D eigenvalue weighted by molar-refractivity contribution is 0.696. The number of hydrogen-bond donors (Lipinski definition) is 0. The molecule has 18 heavy (non-hydrogen) atoms. The van der Waals surface area contributed by atoms with Gasteiger partial charge in [-0.2, -0.15) is 0 Å². The van der Waals surface area contributed by atoms with Gasteiger partial charge in [0.05, 0.1) is 15.1 Å². The van der Waals surface area contributed by atoms with Crippen molar-refractivity contribution in [3.8, 4) is 0 Å². The van der Waals surface area contributed by atoms with E-state index in [0.29, 0.717) is 0 Å². The van der Waals surface area contributed by atoms with Gasteiger partial charge in [0.25, 0.3) is 0 Å². The molecule has 0 fully saturated rings. The summed E-state index contributed by atoms with van der Waals surface area (Å²) in [6.07, 6.45) is 0. The van der Waals surface area contributed by atoms with Crippen molar-refractivity contribution in [2.45, 2.75) is 17.9 Å². The van der Waals surface area contributed by atoms with Gasteiger partial charge in [-0.15, -0.1) is 11.6 Å². The molecular formula is C8Cl10. The summed E-state index contributed by atoms with van der Waals surface area (Å²) in [4.78, 5) is -1.79. The Morgan fingerprint density at radius 1 is 0.611 bits per heavy atom. The molecule has 0 unspecified atom stereocenters. The maximum atomic E-state index is 6.35. The van der Waals surface area contributed by atoms with Crippen molar-refractivity contribution in [2.24, 2.45) is 0 Å². The molecule has 0 radical (unpaired) electrons. The zero-order valence-electron chi connectivity index (χ0n) is 7.78. The first-order valence-corrected chi connectivity index (χ1v) is 7.92. The molecule has 1 atom stereocenters. The molecule has 0 bridgehead atoms. The van der Waals surface area contributed by atoms with Crippen molar-refractivity contribution in [3.63, 3.8) is 0 Å². The van der Waals surface area contributed by atoms with Crippen LogP contribution in [0.2, 0.25) is 0 Å². The Morgan fingerprint density at radius 2 is 1.06 bits per heavy atom. The van der Waals surface area contributed by atoms with E-state index in [1.165, 1.54) is 0 Å². The van der Waals surface area contributed by atoms with Gasteiger partial charge in [0.1, 0.15) is 4.87 Å². The van der Waals surface area contributed by atoms with Crippen molar-refractivity contribution in [2.75, 3.05) is 0 Å². The summed E-state index contributed by atoms with van der Waals surface area (Å²) >= 11 is 60.9. The maximum absolute atomic E-state index is 6.35. The van der Waals surface area contributed by atoms with Gasteiger partial charge in [-0.05, 0) is 0 Å². The molecule has 0 saturated carbocycles. The Hall–Kier alpha value is 2.38. The van der Waals surface area contributed by atoms with Gasteiger partial charge >= 0.3 is 0 Å². The first kappa shape index (κ1) is 16.7. The molecule has 0 aromatic carbocycles. The highest BCUT2D eigenvalue weighted by molar-refractivity contribution is 6.74. The Labute approximate surface area is 153 Å². The fraction of sp³-hybridized carbons (Fsp3) is 0.500. The van der Waals surface area contributed by atoms with Gasteiger partial charge in [0, 0.05) is 5.57 Å². The predicted molar refractivity (Wildman–Crippen MR) is 83.5 cm³/mol. The van der Waals surface area contributed by atoms with Crippen molar-refractivity contribution < 1.29 is 0 Å². The van der Waals surface area contributed by atoms with Crippen LogP contribution in [0.4, 0.5) is 0 Å². The van der Waals surface area contributed by atoms with E-state index in [9.17, 15) is 0 Å². The lowest BCUT2D eigenvalue weighted by Gasteiger charge is -2.36. The Bertz CT molecular complexity index is 498. The SMILES string of the molecule is ClC1=C(Cl)[C@@]2(Cl)C(=C(Cl)C(Cl)(Cl)C2(Cl)Cl)C1(Cl)Cl. The van der Waals surface area contributed by atoms with Crippen LogP contribution in [0.15, 0.2) is 20.7 Å². The molecule has 2 aliphatic carbocycles. The van der Waals surface area contributed by atoms with Crippen LogP contribution in [0, 0.1) is 0 Å². The fourth-order valence-electron chi connectivity index (χ4n) is 1.82. The van der Waals surface area contributed by atoms with Gasteiger partial charge in [0.15, 0.2) is 13.0 Å². The first-order chi connectivity index (χ1) is 7.84. The van der Waals surface area contributed by atoms with Crippen LogP contribution in [0.3, 0.4) is 0 Å². The molecule has 0 amide bonds. The second-order valence-electron chi connectivity index (χ2n) is 3.70. The molecule has 0 nitrogen and oxygen atoms in total. The first-order valence-electron chi connectivity index (χ1n) is 4.14. The maximum Gasteiger partial charge on any atom is 0.188 e. The zero-order chi connectivity index (χ0) is 14.3. The summed E-state index contributed by atoms with van der Waals surface area (Å²) in [5.74, 6) is 0. The second kappa shape index (κ2) is 4.44. The van der Waals surface area contributed by atoms with Crippen LogP contribution in [0.25, 0.3) is 0 Å². The molecule has 0 spiro atoms. The van der Waals surface area contributed by atoms with Crippen LogP contribution in [-0.2, 0) is 0 Å². The molecule has 0 saturated heterocycles. The fourth-order valence-corrected chi connectivity index (χ4v) is 5.71. The Kier molecular flexibility index (Phi) is 4.13. The third-order valence-electron chi connectivity index (χ3n) is 2.75. The quantitative estimate of drug-likeness (QED) is 0.361. The molecule has 2 rings (SSSR count).